The van der Waals surface area contributed by atoms with Crippen LogP contribution in [0.5, 0.6) is 5.75 Å². The number of hydrazine groups is 1. The predicted octanol–water partition coefficient (Wildman–Crippen LogP) is 1.39. The Hall–Kier alpha value is -2.85. The molecule has 19 heavy (non-hydrogen) atoms. The number of nitriles is 1. The summed E-state index contributed by atoms with van der Waals surface area (Å²) in [6.45, 7) is 0. The van der Waals surface area contributed by atoms with Crippen molar-refractivity contribution in [3.05, 3.63) is 36.0 Å². The summed E-state index contributed by atoms with van der Waals surface area (Å²) >= 11 is 0. The van der Waals surface area contributed by atoms with Crippen molar-refractivity contribution in [3.63, 3.8) is 0 Å². The molecule has 0 aliphatic heterocycles. The van der Waals surface area contributed by atoms with Crippen LogP contribution in [0.3, 0.4) is 0 Å². The standard InChI is InChI=1S/C12H12N6O/c1-19-10-4-2-8(3-5-10)15-11-6-9(7-13)16-12(17-11)18-14/h2-6H,14H2,1H3,(H2,15,16,17,18). The van der Waals surface area contributed by atoms with Gasteiger partial charge in [0.2, 0.25) is 5.95 Å². The first-order valence-electron chi connectivity index (χ1n) is 5.42. The molecule has 1 aromatic carbocycles. The summed E-state index contributed by atoms with van der Waals surface area (Å²) in [5.41, 5.74) is 3.35. The van der Waals surface area contributed by atoms with Gasteiger partial charge in [0, 0.05) is 11.8 Å². The van der Waals surface area contributed by atoms with Gasteiger partial charge in [-0.25, -0.2) is 10.8 Å². The maximum absolute atomic E-state index is 8.86. The van der Waals surface area contributed by atoms with Gasteiger partial charge in [0.05, 0.1) is 7.11 Å². The summed E-state index contributed by atoms with van der Waals surface area (Å²) < 4.78 is 5.07. The minimum atomic E-state index is 0.176. The lowest BCUT2D eigenvalue weighted by Crippen LogP contribution is -2.12. The van der Waals surface area contributed by atoms with Gasteiger partial charge in [-0.05, 0) is 24.3 Å². The third-order valence-corrected chi connectivity index (χ3v) is 2.33. The van der Waals surface area contributed by atoms with Crippen LogP contribution in [0.15, 0.2) is 30.3 Å². The fourth-order valence-electron chi connectivity index (χ4n) is 1.46. The van der Waals surface area contributed by atoms with Gasteiger partial charge in [0.25, 0.3) is 0 Å². The first kappa shape index (κ1) is 12.6. The zero-order valence-corrected chi connectivity index (χ0v) is 10.2. The highest BCUT2D eigenvalue weighted by Gasteiger charge is 2.04. The highest BCUT2D eigenvalue weighted by atomic mass is 16.5. The average Bonchev–Trinajstić information content (AvgIpc) is 2.47. The van der Waals surface area contributed by atoms with E-state index in [0.717, 1.165) is 11.4 Å². The van der Waals surface area contributed by atoms with E-state index < -0.39 is 0 Å². The van der Waals surface area contributed by atoms with Crippen LogP contribution in [0.1, 0.15) is 5.69 Å². The number of methoxy groups -OCH3 is 1. The van der Waals surface area contributed by atoms with Crippen molar-refractivity contribution in [2.45, 2.75) is 0 Å². The summed E-state index contributed by atoms with van der Waals surface area (Å²) in [4.78, 5) is 7.97. The fraction of sp³-hybridized carbons (Fsp3) is 0.0833. The molecule has 2 aromatic rings. The molecule has 0 unspecified atom stereocenters. The quantitative estimate of drug-likeness (QED) is 0.560. The molecule has 0 bridgehead atoms. The zero-order valence-electron chi connectivity index (χ0n) is 10.2. The van der Waals surface area contributed by atoms with Crippen LogP contribution in [0.25, 0.3) is 0 Å². The first-order valence-corrected chi connectivity index (χ1v) is 5.42. The van der Waals surface area contributed by atoms with Gasteiger partial charge in [0.1, 0.15) is 23.3 Å². The molecule has 0 amide bonds. The number of aromatic nitrogens is 2. The molecule has 0 atom stereocenters. The Balaban J connectivity index is 2.24. The number of rotatable bonds is 4. The number of ether oxygens (including phenoxy) is 1. The van der Waals surface area contributed by atoms with Crippen molar-refractivity contribution < 1.29 is 4.74 Å². The molecule has 0 aliphatic rings. The lowest BCUT2D eigenvalue weighted by atomic mass is 10.3. The Morgan fingerprint density at radius 2 is 2.00 bits per heavy atom. The van der Waals surface area contributed by atoms with Crippen molar-refractivity contribution in [3.8, 4) is 11.8 Å². The van der Waals surface area contributed by atoms with Crippen LogP contribution in [-0.2, 0) is 0 Å². The molecular weight excluding hydrogens is 244 g/mol. The minimum absolute atomic E-state index is 0.176. The van der Waals surface area contributed by atoms with Crippen molar-refractivity contribution >= 4 is 17.5 Å². The van der Waals surface area contributed by atoms with E-state index in [1.807, 2.05) is 30.3 Å². The Bertz CT molecular complexity index is 605. The number of hydrogen-bond donors (Lipinski definition) is 3. The number of anilines is 3. The fourth-order valence-corrected chi connectivity index (χ4v) is 1.46. The van der Waals surface area contributed by atoms with Gasteiger partial charge in [-0.15, -0.1) is 0 Å². The molecular formula is C12H12N6O. The molecule has 7 heteroatoms. The monoisotopic (exact) mass is 256 g/mol. The Morgan fingerprint density at radius 1 is 1.26 bits per heavy atom. The normalized spacial score (nSPS) is 9.53. The van der Waals surface area contributed by atoms with E-state index >= 15 is 0 Å². The second kappa shape index (κ2) is 5.66. The molecule has 0 spiro atoms. The van der Waals surface area contributed by atoms with E-state index in [2.05, 4.69) is 20.7 Å². The maximum Gasteiger partial charge on any atom is 0.240 e. The maximum atomic E-state index is 8.86. The van der Waals surface area contributed by atoms with Gasteiger partial charge in [-0.2, -0.15) is 10.2 Å². The summed E-state index contributed by atoms with van der Waals surface area (Å²) in [6.07, 6.45) is 0. The molecule has 2 rings (SSSR count). The minimum Gasteiger partial charge on any atom is -0.497 e. The number of benzene rings is 1. The Labute approximate surface area is 110 Å². The van der Waals surface area contributed by atoms with Gasteiger partial charge in [-0.3, -0.25) is 5.43 Å². The van der Waals surface area contributed by atoms with E-state index in [1.165, 1.54) is 6.07 Å². The number of nitrogens with zero attached hydrogens (tertiary/aromatic N) is 3. The van der Waals surface area contributed by atoms with Gasteiger partial charge in [0.15, 0.2) is 0 Å². The van der Waals surface area contributed by atoms with Crippen LogP contribution in [0.2, 0.25) is 0 Å². The number of nitrogen functional groups attached to an aromatic ring is 1. The number of nitrogens with one attached hydrogen (secondary N) is 2. The summed E-state index contributed by atoms with van der Waals surface area (Å²) in [7, 11) is 1.60. The highest BCUT2D eigenvalue weighted by molar-refractivity contribution is 5.59. The summed E-state index contributed by atoms with van der Waals surface area (Å²) in [5.74, 6) is 6.66. The van der Waals surface area contributed by atoms with Gasteiger partial charge < -0.3 is 10.1 Å². The largest absolute Gasteiger partial charge is 0.497 e. The van der Waals surface area contributed by atoms with Crippen LogP contribution in [0, 0.1) is 11.3 Å². The van der Waals surface area contributed by atoms with Crippen molar-refractivity contribution in [2.75, 3.05) is 17.9 Å². The summed E-state index contributed by atoms with van der Waals surface area (Å²) in [6, 6.07) is 10.8. The Kier molecular flexibility index (Phi) is 3.75. The second-order valence-electron chi connectivity index (χ2n) is 3.57. The van der Waals surface area contributed by atoms with Gasteiger partial charge in [-0.1, -0.05) is 0 Å². The molecule has 1 heterocycles. The zero-order chi connectivity index (χ0) is 13.7. The molecule has 0 fully saturated rings. The molecule has 0 radical (unpaired) electrons. The number of nitrogens with two attached hydrogens (primary N) is 1. The third kappa shape index (κ3) is 3.08. The van der Waals surface area contributed by atoms with E-state index in [0.29, 0.717) is 5.82 Å². The third-order valence-electron chi connectivity index (χ3n) is 2.33. The lowest BCUT2D eigenvalue weighted by molar-refractivity contribution is 0.415. The van der Waals surface area contributed by atoms with Crippen LogP contribution >= 0.6 is 0 Å². The molecule has 0 saturated heterocycles. The predicted molar refractivity (Wildman–Crippen MR) is 70.8 cm³/mol. The van der Waals surface area contributed by atoms with Crippen LogP contribution in [0.4, 0.5) is 17.5 Å². The molecule has 4 N–H and O–H groups in total. The Morgan fingerprint density at radius 3 is 2.58 bits per heavy atom. The molecule has 7 nitrogen and oxygen atoms in total. The average molecular weight is 256 g/mol. The SMILES string of the molecule is COc1ccc(Nc2cc(C#N)nc(NN)n2)cc1. The van der Waals surface area contributed by atoms with E-state index in [-0.39, 0.29) is 11.6 Å². The smallest absolute Gasteiger partial charge is 0.240 e. The van der Waals surface area contributed by atoms with Gasteiger partial charge >= 0.3 is 0 Å². The van der Waals surface area contributed by atoms with Crippen LogP contribution < -0.4 is 21.3 Å². The summed E-state index contributed by atoms with van der Waals surface area (Å²) in [5, 5.41) is 11.9. The van der Waals surface area contributed by atoms with Crippen LogP contribution in [-0.4, -0.2) is 17.1 Å². The first-order chi connectivity index (χ1) is 9.25. The topological polar surface area (TPSA) is 109 Å². The second-order valence-corrected chi connectivity index (χ2v) is 3.57. The lowest BCUT2D eigenvalue weighted by Gasteiger charge is -2.08. The molecule has 96 valence electrons. The molecule has 1 aromatic heterocycles. The van der Waals surface area contributed by atoms with E-state index in [1.54, 1.807) is 7.11 Å². The van der Waals surface area contributed by atoms with E-state index in [9.17, 15) is 0 Å². The van der Waals surface area contributed by atoms with Crippen molar-refractivity contribution in [1.29, 1.82) is 5.26 Å². The van der Waals surface area contributed by atoms with Crippen molar-refractivity contribution in [1.82, 2.24) is 9.97 Å². The van der Waals surface area contributed by atoms with Crippen molar-refractivity contribution in [2.24, 2.45) is 5.84 Å². The number of hydrogen-bond acceptors (Lipinski definition) is 7. The molecule has 0 aliphatic carbocycles. The molecule has 0 saturated carbocycles. The van der Waals surface area contributed by atoms with E-state index in [4.69, 9.17) is 15.8 Å². The highest BCUT2D eigenvalue weighted by Crippen LogP contribution is 2.19.